The molecule has 5 heterocycles. The summed E-state index contributed by atoms with van der Waals surface area (Å²) in [5.74, 6) is 1.20. The Kier molecular flexibility index (Phi) is 7.91. The van der Waals surface area contributed by atoms with E-state index < -0.39 is 0 Å². The van der Waals surface area contributed by atoms with Gasteiger partial charge in [-0.05, 0) is 48.0 Å². The summed E-state index contributed by atoms with van der Waals surface area (Å²) >= 11 is 1.24. The number of nitrogens with zero attached hydrogens (tertiary/aromatic N) is 8. The summed E-state index contributed by atoms with van der Waals surface area (Å²) in [6.07, 6.45) is 0. The molecule has 9 heteroatoms. The molecule has 8 aromatic carbocycles. The minimum Gasteiger partial charge on any atom is -0.278 e. The average molecular weight is 825 g/mol. The normalized spacial score (nSPS) is 11.8. The SMILES string of the molecule is c1ccc(-c2cc(-c3ccccc3)nc(-n3c4ccccc4c4cc(-c5cc6c(c7ccccc7n6-c6nc(-c7ccccc7)c7ccccc7n6)c6nsnc56)ccc43)n2)cc1. The van der Waals surface area contributed by atoms with E-state index in [2.05, 4.69) is 149 Å². The first-order chi connectivity index (χ1) is 31.2. The van der Waals surface area contributed by atoms with Crippen molar-refractivity contribution in [3.05, 3.63) is 194 Å². The van der Waals surface area contributed by atoms with Gasteiger partial charge in [0.2, 0.25) is 11.9 Å². The Morgan fingerprint density at radius 2 is 0.889 bits per heavy atom. The van der Waals surface area contributed by atoms with Gasteiger partial charge < -0.3 is 0 Å². The number of aromatic nitrogens is 8. The summed E-state index contributed by atoms with van der Waals surface area (Å²) in [6.45, 7) is 0. The summed E-state index contributed by atoms with van der Waals surface area (Å²) in [4.78, 5) is 21.1. The van der Waals surface area contributed by atoms with Crippen LogP contribution in [-0.2, 0) is 0 Å². The molecule has 0 saturated heterocycles. The molecule has 63 heavy (non-hydrogen) atoms. The zero-order valence-electron chi connectivity index (χ0n) is 33.5. The van der Waals surface area contributed by atoms with Crippen molar-refractivity contribution in [1.29, 1.82) is 0 Å². The van der Waals surface area contributed by atoms with Gasteiger partial charge in [-0.25, -0.2) is 19.9 Å². The largest absolute Gasteiger partial charge is 0.278 e. The van der Waals surface area contributed by atoms with Gasteiger partial charge in [-0.2, -0.15) is 8.75 Å². The summed E-state index contributed by atoms with van der Waals surface area (Å²) in [6, 6.07) is 67.1. The van der Waals surface area contributed by atoms with E-state index in [1.165, 1.54) is 11.7 Å². The molecule has 294 valence electrons. The van der Waals surface area contributed by atoms with Crippen LogP contribution in [0.3, 0.4) is 0 Å². The van der Waals surface area contributed by atoms with Gasteiger partial charge in [-0.1, -0.05) is 152 Å². The van der Waals surface area contributed by atoms with Crippen LogP contribution >= 0.6 is 11.7 Å². The molecule has 0 saturated carbocycles. The molecule has 13 aromatic rings. The Morgan fingerprint density at radius 3 is 1.60 bits per heavy atom. The van der Waals surface area contributed by atoms with Crippen LogP contribution in [-0.4, -0.2) is 37.8 Å². The van der Waals surface area contributed by atoms with Gasteiger partial charge >= 0.3 is 0 Å². The van der Waals surface area contributed by atoms with Crippen LogP contribution in [0, 0.1) is 0 Å². The fourth-order valence-corrected chi connectivity index (χ4v) is 9.77. The summed E-state index contributed by atoms with van der Waals surface area (Å²) < 4.78 is 14.3. The highest BCUT2D eigenvalue weighted by atomic mass is 32.1. The van der Waals surface area contributed by atoms with Crippen LogP contribution in [0.4, 0.5) is 0 Å². The van der Waals surface area contributed by atoms with Crippen LogP contribution < -0.4 is 0 Å². The number of rotatable bonds is 6. The van der Waals surface area contributed by atoms with Crippen LogP contribution in [0.1, 0.15) is 0 Å². The van der Waals surface area contributed by atoms with Crippen molar-refractivity contribution in [2.75, 3.05) is 0 Å². The molecule has 0 amide bonds. The van der Waals surface area contributed by atoms with Crippen molar-refractivity contribution < 1.29 is 0 Å². The van der Waals surface area contributed by atoms with Crippen molar-refractivity contribution in [3.63, 3.8) is 0 Å². The molecule has 5 aromatic heterocycles. The van der Waals surface area contributed by atoms with Gasteiger partial charge in [-0.3, -0.25) is 9.13 Å². The van der Waals surface area contributed by atoms with Gasteiger partial charge in [0, 0.05) is 49.2 Å². The van der Waals surface area contributed by atoms with Gasteiger partial charge in [0.1, 0.15) is 11.0 Å². The standard InChI is InChI=1S/C54H32N8S/c1-4-16-33(17-5-1)43-32-44(34-18-6-2-7-19-34)57-53(56-43)61-45-26-14-11-22-37(45)41-30-36(28-29-47(41)61)40-31-48-49(52-51(40)59-63-60-52)39-24-12-15-27-46(39)62(48)54-55-42-25-13-10-23-38(42)50(58-54)35-20-8-3-9-21-35/h1-32H. The van der Waals surface area contributed by atoms with Crippen molar-refractivity contribution in [2.24, 2.45) is 0 Å². The molecule has 0 bridgehead atoms. The van der Waals surface area contributed by atoms with Crippen molar-refractivity contribution in [3.8, 4) is 56.8 Å². The Labute approximate surface area is 364 Å². The molecule has 0 unspecified atom stereocenters. The minimum atomic E-state index is 0.596. The van der Waals surface area contributed by atoms with E-state index in [-0.39, 0.29) is 0 Å². The van der Waals surface area contributed by atoms with Gasteiger partial charge in [0.05, 0.1) is 56.4 Å². The van der Waals surface area contributed by atoms with E-state index in [0.29, 0.717) is 11.9 Å². The average Bonchev–Trinajstić information content (AvgIpc) is 4.07. The number of hydrogen-bond acceptors (Lipinski definition) is 7. The van der Waals surface area contributed by atoms with Gasteiger partial charge in [-0.15, -0.1) is 0 Å². The van der Waals surface area contributed by atoms with Crippen molar-refractivity contribution in [2.45, 2.75) is 0 Å². The first-order valence-electron chi connectivity index (χ1n) is 20.8. The second-order valence-corrected chi connectivity index (χ2v) is 16.2. The van der Waals surface area contributed by atoms with Crippen LogP contribution in [0.25, 0.3) is 122 Å². The fraction of sp³-hybridized carbons (Fsp3) is 0. The zero-order valence-corrected chi connectivity index (χ0v) is 34.3. The molecule has 0 aliphatic heterocycles. The lowest BCUT2D eigenvalue weighted by molar-refractivity contribution is 0.995. The summed E-state index contributed by atoms with van der Waals surface area (Å²) in [5, 5.41) is 5.28. The molecule has 0 aliphatic carbocycles. The quantitative estimate of drug-likeness (QED) is 0.166. The minimum absolute atomic E-state index is 0.596. The predicted molar refractivity (Wildman–Crippen MR) is 257 cm³/mol. The smallest absolute Gasteiger partial charge is 0.235 e. The van der Waals surface area contributed by atoms with Crippen molar-refractivity contribution >= 4 is 77.3 Å². The second-order valence-electron chi connectivity index (χ2n) is 15.6. The lowest BCUT2D eigenvalue weighted by Crippen LogP contribution is -2.04. The topological polar surface area (TPSA) is 87.2 Å². The highest BCUT2D eigenvalue weighted by Gasteiger charge is 2.24. The van der Waals surface area contributed by atoms with E-state index >= 15 is 0 Å². The number of para-hydroxylation sites is 3. The molecule has 0 atom stereocenters. The molecular weight excluding hydrogens is 793 g/mol. The maximum absolute atomic E-state index is 5.35. The molecule has 13 rings (SSSR count). The lowest BCUT2D eigenvalue weighted by atomic mass is 9.99. The maximum Gasteiger partial charge on any atom is 0.235 e. The molecule has 0 fully saturated rings. The molecular formula is C54H32N8S. The molecule has 0 radical (unpaired) electrons. The highest BCUT2D eigenvalue weighted by molar-refractivity contribution is 7.00. The second kappa shape index (κ2) is 14.1. The molecule has 0 aliphatic rings. The third kappa shape index (κ3) is 5.60. The van der Waals surface area contributed by atoms with Crippen LogP contribution in [0.15, 0.2) is 194 Å². The number of benzene rings is 8. The number of fused-ring (bicyclic) bond motifs is 9. The summed E-state index contributed by atoms with van der Waals surface area (Å²) in [7, 11) is 0. The first kappa shape index (κ1) is 35.4. The van der Waals surface area contributed by atoms with E-state index in [9.17, 15) is 0 Å². The molecule has 0 spiro atoms. The van der Waals surface area contributed by atoms with Crippen molar-refractivity contribution in [1.82, 2.24) is 37.8 Å². The van der Waals surface area contributed by atoms with E-state index in [1.807, 2.05) is 54.6 Å². The lowest BCUT2D eigenvalue weighted by Gasteiger charge is -2.13. The fourth-order valence-electron chi connectivity index (χ4n) is 9.20. The van der Waals surface area contributed by atoms with Gasteiger partial charge in [0.15, 0.2) is 0 Å². The zero-order chi connectivity index (χ0) is 41.4. The monoisotopic (exact) mass is 824 g/mol. The molecule has 8 nitrogen and oxygen atoms in total. The Morgan fingerprint density at radius 1 is 0.349 bits per heavy atom. The van der Waals surface area contributed by atoms with E-state index in [0.717, 1.165) is 110 Å². The third-order valence-electron chi connectivity index (χ3n) is 12.0. The van der Waals surface area contributed by atoms with Crippen LogP contribution in [0.2, 0.25) is 0 Å². The van der Waals surface area contributed by atoms with E-state index in [4.69, 9.17) is 28.7 Å². The Balaban J connectivity index is 1.05. The summed E-state index contributed by atoms with van der Waals surface area (Å²) in [5.41, 5.74) is 14.3. The third-order valence-corrected chi connectivity index (χ3v) is 12.6. The highest BCUT2D eigenvalue weighted by Crippen LogP contribution is 2.43. The van der Waals surface area contributed by atoms with Crippen LogP contribution in [0.5, 0.6) is 0 Å². The Hall–Kier alpha value is -8.40. The Bertz CT molecular complexity index is 3850. The first-order valence-corrected chi connectivity index (χ1v) is 21.5. The van der Waals surface area contributed by atoms with E-state index in [1.54, 1.807) is 0 Å². The van der Waals surface area contributed by atoms with Gasteiger partial charge in [0.25, 0.3) is 0 Å². The molecule has 0 N–H and O–H groups in total. The number of hydrogen-bond donors (Lipinski definition) is 0. The maximum atomic E-state index is 5.35. The predicted octanol–water partition coefficient (Wildman–Crippen LogP) is 13.3.